The van der Waals surface area contributed by atoms with E-state index < -0.39 is 0 Å². The lowest BCUT2D eigenvalue weighted by atomic mass is 10.1. The fraction of sp³-hybridized carbons (Fsp3) is 0.417. The van der Waals surface area contributed by atoms with Gasteiger partial charge in [-0.15, -0.1) is 0 Å². The number of nitrogens with zero attached hydrogens (tertiary/aromatic N) is 1. The third kappa shape index (κ3) is 3.21. The molecule has 0 amide bonds. The van der Waals surface area contributed by atoms with Crippen LogP contribution in [0.25, 0.3) is 0 Å². The van der Waals surface area contributed by atoms with Gasteiger partial charge in [0, 0.05) is 6.20 Å². The molecule has 0 aliphatic rings. The molecule has 76 valence electrons. The fourth-order valence-corrected chi connectivity index (χ4v) is 1.36. The molecular weight excluding hydrogens is 174 g/mol. The average molecular weight is 191 g/mol. The van der Waals surface area contributed by atoms with Crippen molar-refractivity contribution in [1.29, 1.82) is 0 Å². The monoisotopic (exact) mass is 191 g/mol. The van der Waals surface area contributed by atoms with E-state index >= 15 is 0 Å². The first kappa shape index (κ1) is 10.8. The van der Waals surface area contributed by atoms with Gasteiger partial charge < -0.3 is 4.74 Å². The van der Waals surface area contributed by atoms with Crippen LogP contribution in [-0.4, -0.2) is 4.98 Å². The molecule has 0 aliphatic heterocycles. The summed E-state index contributed by atoms with van der Waals surface area (Å²) in [5, 5.41) is 0. The van der Waals surface area contributed by atoms with Crippen LogP contribution in [0, 0.1) is 0 Å². The first-order valence-corrected chi connectivity index (χ1v) is 5.05. The Labute approximate surface area is 85.6 Å². The van der Waals surface area contributed by atoms with E-state index in [-0.39, 0.29) is 6.10 Å². The van der Waals surface area contributed by atoms with Crippen molar-refractivity contribution >= 4 is 0 Å². The molecule has 1 aromatic rings. The van der Waals surface area contributed by atoms with E-state index in [4.69, 9.17) is 4.74 Å². The third-order valence-corrected chi connectivity index (χ3v) is 2.10. The van der Waals surface area contributed by atoms with Crippen molar-refractivity contribution in [3.63, 3.8) is 0 Å². The van der Waals surface area contributed by atoms with Crippen molar-refractivity contribution in [2.24, 2.45) is 0 Å². The molecule has 1 atom stereocenters. The Morgan fingerprint density at radius 2 is 2.43 bits per heavy atom. The summed E-state index contributed by atoms with van der Waals surface area (Å²) in [4.78, 5) is 4.28. The van der Waals surface area contributed by atoms with Crippen LogP contribution in [0.2, 0.25) is 0 Å². The first-order chi connectivity index (χ1) is 6.88. The van der Waals surface area contributed by atoms with Crippen molar-refractivity contribution in [2.75, 3.05) is 0 Å². The maximum absolute atomic E-state index is 5.43. The second-order valence-corrected chi connectivity index (χ2v) is 3.19. The fourth-order valence-electron chi connectivity index (χ4n) is 1.36. The Morgan fingerprint density at radius 1 is 1.57 bits per heavy atom. The van der Waals surface area contributed by atoms with E-state index in [1.165, 1.54) is 12.7 Å². The van der Waals surface area contributed by atoms with Gasteiger partial charge in [0.25, 0.3) is 0 Å². The lowest BCUT2D eigenvalue weighted by Crippen LogP contribution is -2.02. The summed E-state index contributed by atoms with van der Waals surface area (Å²) in [5.74, 6) is 0. The van der Waals surface area contributed by atoms with Gasteiger partial charge in [0.15, 0.2) is 0 Å². The minimum Gasteiger partial charge on any atom is -0.492 e. The molecule has 0 aliphatic carbocycles. The molecular formula is C12H17NO. The number of aromatic nitrogens is 1. The molecule has 0 saturated carbocycles. The van der Waals surface area contributed by atoms with Crippen LogP contribution >= 0.6 is 0 Å². The summed E-state index contributed by atoms with van der Waals surface area (Å²) in [6.45, 7) is 5.75. The number of pyridine rings is 1. The highest BCUT2D eigenvalue weighted by Gasteiger charge is 2.10. The van der Waals surface area contributed by atoms with Gasteiger partial charge in [-0.05, 0) is 25.0 Å². The highest BCUT2D eigenvalue weighted by molar-refractivity contribution is 5.07. The maximum Gasteiger partial charge on any atom is 0.140 e. The molecule has 1 aromatic heterocycles. The molecule has 0 N–H and O–H groups in total. The predicted octanol–water partition coefficient (Wildman–Crippen LogP) is 3.47. The Hall–Kier alpha value is -1.31. The van der Waals surface area contributed by atoms with Crippen LogP contribution in [0.5, 0.6) is 0 Å². The summed E-state index contributed by atoms with van der Waals surface area (Å²) in [7, 11) is 0. The lowest BCUT2D eigenvalue weighted by Gasteiger charge is -2.15. The third-order valence-electron chi connectivity index (χ3n) is 2.10. The normalized spacial score (nSPS) is 12.1. The summed E-state index contributed by atoms with van der Waals surface area (Å²) >= 11 is 0. The van der Waals surface area contributed by atoms with Crippen LogP contribution < -0.4 is 0 Å². The Morgan fingerprint density at radius 3 is 3.00 bits per heavy atom. The molecule has 2 nitrogen and oxygen atoms in total. The van der Waals surface area contributed by atoms with Crippen molar-refractivity contribution in [2.45, 2.75) is 32.3 Å². The average Bonchev–Trinajstić information content (AvgIpc) is 2.25. The molecule has 1 heterocycles. The molecule has 0 saturated heterocycles. The topological polar surface area (TPSA) is 22.1 Å². The number of unbranched alkanes of at least 4 members (excludes halogenated alkanes) is 1. The second-order valence-electron chi connectivity index (χ2n) is 3.19. The summed E-state index contributed by atoms with van der Waals surface area (Å²) in [6, 6.07) is 5.88. The zero-order chi connectivity index (χ0) is 10.2. The molecule has 0 fully saturated rings. The van der Waals surface area contributed by atoms with Crippen LogP contribution in [0.15, 0.2) is 37.2 Å². The SMILES string of the molecule is C=CO[C@@H](CCCC)c1ccccn1. The van der Waals surface area contributed by atoms with E-state index in [1.807, 2.05) is 18.2 Å². The van der Waals surface area contributed by atoms with Crippen molar-refractivity contribution in [1.82, 2.24) is 4.98 Å². The molecule has 0 unspecified atom stereocenters. The van der Waals surface area contributed by atoms with Gasteiger partial charge in [0.1, 0.15) is 6.10 Å². The van der Waals surface area contributed by atoms with Crippen LogP contribution in [0.3, 0.4) is 0 Å². The Kier molecular flexibility index (Phi) is 4.76. The van der Waals surface area contributed by atoms with Crippen molar-refractivity contribution in [3.05, 3.63) is 42.9 Å². The number of rotatable bonds is 6. The minimum absolute atomic E-state index is 0.0636. The highest BCUT2D eigenvalue weighted by atomic mass is 16.5. The van der Waals surface area contributed by atoms with E-state index in [1.54, 1.807) is 6.20 Å². The van der Waals surface area contributed by atoms with Crippen molar-refractivity contribution < 1.29 is 4.74 Å². The lowest BCUT2D eigenvalue weighted by molar-refractivity contribution is 0.131. The van der Waals surface area contributed by atoms with Gasteiger partial charge in [-0.25, -0.2) is 0 Å². The maximum atomic E-state index is 5.43. The largest absolute Gasteiger partial charge is 0.492 e. The smallest absolute Gasteiger partial charge is 0.140 e. The van der Waals surface area contributed by atoms with Crippen LogP contribution in [-0.2, 0) is 4.74 Å². The number of hydrogen-bond acceptors (Lipinski definition) is 2. The van der Waals surface area contributed by atoms with Gasteiger partial charge in [0.05, 0.1) is 12.0 Å². The zero-order valence-electron chi connectivity index (χ0n) is 8.65. The molecule has 0 bridgehead atoms. The molecule has 0 radical (unpaired) electrons. The molecule has 2 heteroatoms. The van der Waals surface area contributed by atoms with Gasteiger partial charge >= 0.3 is 0 Å². The minimum atomic E-state index is 0.0636. The van der Waals surface area contributed by atoms with Crippen molar-refractivity contribution in [3.8, 4) is 0 Å². The van der Waals surface area contributed by atoms with Gasteiger partial charge in [-0.1, -0.05) is 26.0 Å². The Bertz CT molecular complexity index is 258. The van der Waals surface area contributed by atoms with Gasteiger partial charge in [0.2, 0.25) is 0 Å². The van der Waals surface area contributed by atoms with Crippen LogP contribution in [0.1, 0.15) is 38.0 Å². The van der Waals surface area contributed by atoms with E-state index in [2.05, 4.69) is 18.5 Å². The molecule has 1 rings (SSSR count). The number of ether oxygens (including phenoxy) is 1. The standard InChI is InChI=1S/C12H17NO/c1-3-5-9-12(14-4-2)11-8-6-7-10-13-11/h4,6-8,10,12H,2-3,5,9H2,1H3/t12-/m0/s1. The highest BCUT2D eigenvalue weighted by Crippen LogP contribution is 2.21. The second kappa shape index (κ2) is 6.19. The van der Waals surface area contributed by atoms with E-state index in [0.717, 1.165) is 18.5 Å². The molecule has 0 spiro atoms. The number of hydrogen-bond donors (Lipinski definition) is 0. The quantitative estimate of drug-likeness (QED) is 0.642. The zero-order valence-corrected chi connectivity index (χ0v) is 8.65. The van der Waals surface area contributed by atoms with E-state index in [0.29, 0.717) is 0 Å². The first-order valence-electron chi connectivity index (χ1n) is 5.05. The van der Waals surface area contributed by atoms with E-state index in [9.17, 15) is 0 Å². The predicted molar refractivity (Wildman–Crippen MR) is 57.8 cm³/mol. The summed E-state index contributed by atoms with van der Waals surface area (Å²) < 4.78 is 5.43. The summed E-state index contributed by atoms with van der Waals surface area (Å²) in [5.41, 5.74) is 0.987. The van der Waals surface area contributed by atoms with Gasteiger partial charge in [-0.2, -0.15) is 0 Å². The Balaban J connectivity index is 2.62. The summed E-state index contributed by atoms with van der Waals surface area (Å²) in [6.07, 6.45) is 6.67. The molecule has 0 aromatic carbocycles. The molecule has 14 heavy (non-hydrogen) atoms. The van der Waals surface area contributed by atoms with Crippen LogP contribution in [0.4, 0.5) is 0 Å². The van der Waals surface area contributed by atoms with Gasteiger partial charge in [-0.3, -0.25) is 4.98 Å².